The van der Waals surface area contributed by atoms with Gasteiger partial charge in [0, 0.05) is 17.7 Å². The number of ether oxygens (including phenoxy) is 2. The average molecular weight is 256 g/mol. The first kappa shape index (κ1) is 12.7. The quantitative estimate of drug-likeness (QED) is 0.900. The summed E-state index contributed by atoms with van der Waals surface area (Å²) < 4.78 is 10.9. The van der Waals surface area contributed by atoms with E-state index in [1.807, 2.05) is 12.1 Å². The largest absolute Gasteiger partial charge is 0.496 e. The highest BCUT2D eigenvalue weighted by atomic mass is 35.5. The van der Waals surface area contributed by atoms with E-state index in [9.17, 15) is 0 Å². The Kier molecular flexibility index (Phi) is 3.61. The van der Waals surface area contributed by atoms with Gasteiger partial charge in [-0.3, -0.25) is 0 Å². The molecule has 1 unspecified atom stereocenters. The second-order valence-corrected chi connectivity index (χ2v) is 4.92. The predicted molar refractivity (Wildman–Crippen MR) is 68.5 cm³/mol. The third-order valence-electron chi connectivity index (χ3n) is 3.70. The van der Waals surface area contributed by atoms with E-state index in [1.165, 1.54) is 0 Å². The van der Waals surface area contributed by atoms with Crippen molar-refractivity contribution in [3.05, 3.63) is 28.8 Å². The maximum atomic E-state index is 6.33. The minimum absolute atomic E-state index is 0.199. The van der Waals surface area contributed by atoms with Gasteiger partial charge in [-0.1, -0.05) is 11.6 Å². The topological polar surface area (TPSA) is 44.5 Å². The molecule has 17 heavy (non-hydrogen) atoms. The van der Waals surface area contributed by atoms with Gasteiger partial charge in [-0.15, -0.1) is 0 Å². The van der Waals surface area contributed by atoms with Gasteiger partial charge in [-0.25, -0.2) is 0 Å². The zero-order chi connectivity index (χ0) is 12.5. The van der Waals surface area contributed by atoms with Gasteiger partial charge >= 0.3 is 0 Å². The van der Waals surface area contributed by atoms with Crippen molar-refractivity contribution < 1.29 is 9.47 Å². The van der Waals surface area contributed by atoms with Gasteiger partial charge in [0.15, 0.2) is 0 Å². The molecule has 0 bridgehead atoms. The lowest BCUT2D eigenvalue weighted by atomic mass is 9.72. The van der Waals surface area contributed by atoms with E-state index in [1.54, 1.807) is 20.3 Å². The Morgan fingerprint density at radius 3 is 2.53 bits per heavy atom. The van der Waals surface area contributed by atoms with Crippen LogP contribution < -0.4 is 10.5 Å². The highest BCUT2D eigenvalue weighted by molar-refractivity contribution is 6.30. The molecular formula is C13H18ClNO2. The number of nitrogens with two attached hydrogens (primary N) is 1. The standard InChI is InChI=1S/C13H18ClNO2/c1-16-11-5-4-9(14)8-10(11)12(15)13(17-2)6-3-7-13/h4-5,8,12H,3,6-7,15H2,1-2H3. The predicted octanol–water partition coefficient (Wildman–Crippen LogP) is 2.92. The fourth-order valence-corrected chi connectivity index (χ4v) is 2.58. The lowest BCUT2D eigenvalue weighted by molar-refractivity contribution is -0.0914. The Labute approximate surface area is 107 Å². The van der Waals surface area contributed by atoms with E-state index in [-0.39, 0.29) is 11.6 Å². The van der Waals surface area contributed by atoms with Gasteiger partial charge < -0.3 is 15.2 Å². The molecule has 1 atom stereocenters. The van der Waals surface area contributed by atoms with E-state index in [0.717, 1.165) is 30.6 Å². The Hall–Kier alpha value is -0.770. The summed E-state index contributed by atoms with van der Waals surface area (Å²) in [6, 6.07) is 5.32. The van der Waals surface area contributed by atoms with Crippen LogP contribution in [-0.2, 0) is 4.74 Å². The van der Waals surface area contributed by atoms with Gasteiger partial charge in [0.2, 0.25) is 0 Å². The van der Waals surface area contributed by atoms with Crippen molar-refractivity contribution in [2.45, 2.75) is 30.9 Å². The normalized spacial score (nSPS) is 19.5. The third-order valence-corrected chi connectivity index (χ3v) is 3.94. The number of benzene rings is 1. The van der Waals surface area contributed by atoms with Crippen molar-refractivity contribution in [1.82, 2.24) is 0 Å². The molecule has 1 aromatic rings. The summed E-state index contributed by atoms with van der Waals surface area (Å²) in [5, 5.41) is 0.668. The number of hydrogen-bond acceptors (Lipinski definition) is 3. The smallest absolute Gasteiger partial charge is 0.123 e. The SMILES string of the molecule is COc1ccc(Cl)cc1C(N)C1(OC)CCC1. The van der Waals surface area contributed by atoms with Crippen molar-refractivity contribution in [1.29, 1.82) is 0 Å². The molecule has 0 heterocycles. The molecule has 1 fully saturated rings. The van der Waals surface area contributed by atoms with E-state index >= 15 is 0 Å². The summed E-state index contributed by atoms with van der Waals surface area (Å²) in [5.74, 6) is 0.769. The Morgan fingerprint density at radius 2 is 2.06 bits per heavy atom. The van der Waals surface area contributed by atoms with E-state index in [4.69, 9.17) is 26.8 Å². The summed E-state index contributed by atoms with van der Waals surface area (Å²) in [4.78, 5) is 0. The molecule has 94 valence electrons. The maximum absolute atomic E-state index is 6.33. The fourth-order valence-electron chi connectivity index (χ4n) is 2.40. The zero-order valence-corrected chi connectivity index (χ0v) is 11.0. The van der Waals surface area contributed by atoms with Crippen LogP contribution in [0.1, 0.15) is 30.9 Å². The second-order valence-electron chi connectivity index (χ2n) is 4.49. The number of halogens is 1. The summed E-state index contributed by atoms with van der Waals surface area (Å²) in [6.45, 7) is 0. The van der Waals surface area contributed by atoms with Gasteiger partial charge in [-0.05, 0) is 37.5 Å². The van der Waals surface area contributed by atoms with E-state index in [0.29, 0.717) is 5.02 Å². The van der Waals surface area contributed by atoms with Crippen molar-refractivity contribution >= 4 is 11.6 Å². The van der Waals surface area contributed by atoms with Gasteiger partial charge in [0.05, 0.1) is 18.8 Å². The Morgan fingerprint density at radius 1 is 1.35 bits per heavy atom. The number of rotatable bonds is 4. The van der Waals surface area contributed by atoms with Gasteiger partial charge in [-0.2, -0.15) is 0 Å². The Balaban J connectivity index is 2.35. The zero-order valence-electron chi connectivity index (χ0n) is 10.2. The molecule has 2 N–H and O–H groups in total. The molecule has 0 aromatic heterocycles. The lowest BCUT2D eigenvalue weighted by Crippen LogP contribution is -2.48. The summed E-state index contributed by atoms with van der Waals surface area (Å²) in [5.41, 5.74) is 6.99. The molecule has 1 aromatic carbocycles. The second kappa shape index (κ2) is 4.84. The first-order valence-corrected chi connectivity index (χ1v) is 6.15. The maximum Gasteiger partial charge on any atom is 0.123 e. The van der Waals surface area contributed by atoms with Crippen molar-refractivity contribution in [3.63, 3.8) is 0 Å². The molecule has 1 aliphatic rings. The van der Waals surface area contributed by atoms with Crippen LogP contribution in [0.15, 0.2) is 18.2 Å². The van der Waals surface area contributed by atoms with Gasteiger partial charge in [0.25, 0.3) is 0 Å². The molecule has 0 saturated heterocycles. The summed E-state index contributed by atoms with van der Waals surface area (Å²) in [6.07, 6.45) is 3.13. The molecule has 0 spiro atoms. The molecule has 4 heteroatoms. The monoisotopic (exact) mass is 255 g/mol. The highest BCUT2D eigenvalue weighted by Crippen LogP contribution is 2.45. The minimum atomic E-state index is -0.252. The third kappa shape index (κ3) is 2.15. The van der Waals surface area contributed by atoms with Crippen molar-refractivity contribution in [3.8, 4) is 5.75 Å². The summed E-state index contributed by atoms with van der Waals surface area (Å²) >= 11 is 6.02. The average Bonchev–Trinajstić information content (AvgIpc) is 2.28. The Bertz CT molecular complexity index is 399. The van der Waals surface area contributed by atoms with Crippen LogP contribution in [0.5, 0.6) is 5.75 Å². The molecule has 0 amide bonds. The van der Waals surface area contributed by atoms with Crippen molar-refractivity contribution in [2.75, 3.05) is 14.2 Å². The first-order valence-electron chi connectivity index (χ1n) is 5.77. The fraction of sp³-hybridized carbons (Fsp3) is 0.538. The number of hydrogen-bond donors (Lipinski definition) is 1. The van der Waals surface area contributed by atoms with E-state index < -0.39 is 0 Å². The van der Waals surface area contributed by atoms with Crippen LogP contribution in [-0.4, -0.2) is 19.8 Å². The highest BCUT2D eigenvalue weighted by Gasteiger charge is 2.44. The molecule has 0 radical (unpaired) electrons. The minimum Gasteiger partial charge on any atom is -0.496 e. The molecule has 2 rings (SSSR count). The molecule has 1 aliphatic carbocycles. The van der Waals surface area contributed by atoms with Crippen LogP contribution in [0.2, 0.25) is 5.02 Å². The number of methoxy groups -OCH3 is 2. The van der Waals surface area contributed by atoms with Crippen LogP contribution >= 0.6 is 11.6 Å². The molecular weight excluding hydrogens is 238 g/mol. The first-order chi connectivity index (χ1) is 8.13. The van der Waals surface area contributed by atoms with Gasteiger partial charge in [0.1, 0.15) is 5.75 Å². The van der Waals surface area contributed by atoms with Crippen molar-refractivity contribution in [2.24, 2.45) is 5.73 Å². The molecule has 1 saturated carbocycles. The summed E-state index contributed by atoms with van der Waals surface area (Å²) in [7, 11) is 3.36. The van der Waals surface area contributed by atoms with Crippen LogP contribution in [0.4, 0.5) is 0 Å². The van der Waals surface area contributed by atoms with Crippen LogP contribution in [0.25, 0.3) is 0 Å². The van der Waals surface area contributed by atoms with Crippen LogP contribution in [0, 0.1) is 0 Å². The molecule has 0 aliphatic heterocycles. The lowest BCUT2D eigenvalue weighted by Gasteiger charge is -2.45. The van der Waals surface area contributed by atoms with Crippen LogP contribution in [0.3, 0.4) is 0 Å². The van der Waals surface area contributed by atoms with E-state index in [2.05, 4.69) is 0 Å². The molecule has 3 nitrogen and oxygen atoms in total.